The molecular weight excluding hydrogens is 298 g/mol. The van der Waals surface area contributed by atoms with Gasteiger partial charge in [0.25, 0.3) is 5.91 Å². The van der Waals surface area contributed by atoms with Gasteiger partial charge in [0.1, 0.15) is 16.3 Å². The van der Waals surface area contributed by atoms with Gasteiger partial charge in [0.2, 0.25) is 5.13 Å². The van der Waals surface area contributed by atoms with Gasteiger partial charge < -0.3 is 4.40 Å². The molecule has 0 fully saturated rings. The number of nitrogens with one attached hydrogen (secondary N) is 1. The Labute approximate surface area is 132 Å². The van der Waals surface area contributed by atoms with Crippen molar-refractivity contribution in [1.29, 1.82) is 0 Å². The number of hydrogen-bond donors (Lipinski definition) is 1. The molecule has 0 unspecified atom stereocenters. The van der Waals surface area contributed by atoms with E-state index in [2.05, 4.69) is 34.3 Å². The number of fused-ring (bicyclic) bond motifs is 1. The summed E-state index contributed by atoms with van der Waals surface area (Å²) >= 11 is 1.41. The third-order valence-corrected chi connectivity index (χ3v) is 4.06. The van der Waals surface area contributed by atoms with E-state index >= 15 is 0 Å². The molecule has 0 saturated carbocycles. The van der Waals surface area contributed by atoms with Gasteiger partial charge in [-0.3, -0.25) is 10.1 Å². The Bertz CT molecular complexity index is 820. The Hall–Kier alpha value is -2.28. The summed E-state index contributed by atoms with van der Waals surface area (Å²) in [5, 5.41) is 12.3. The van der Waals surface area contributed by atoms with Crippen molar-refractivity contribution in [3.8, 4) is 0 Å². The van der Waals surface area contributed by atoms with Crippen molar-refractivity contribution in [3.05, 3.63) is 40.8 Å². The van der Waals surface area contributed by atoms with Crippen molar-refractivity contribution in [2.75, 3.05) is 5.32 Å². The molecule has 0 saturated heterocycles. The van der Waals surface area contributed by atoms with Crippen molar-refractivity contribution in [1.82, 2.24) is 19.6 Å². The number of carbonyl (C=O) groups is 1. The van der Waals surface area contributed by atoms with Crippen LogP contribution in [0.15, 0.2) is 24.4 Å². The highest BCUT2D eigenvalue weighted by atomic mass is 32.1. The van der Waals surface area contributed by atoms with Gasteiger partial charge in [0.05, 0.1) is 0 Å². The highest BCUT2D eigenvalue weighted by Crippen LogP contribution is 2.19. The predicted octanol–water partition coefficient (Wildman–Crippen LogP) is 2.95. The minimum atomic E-state index is -0.268. The highest BCUT2D eigenvalue weighted by Gasteiger charge is 2.14. The standard InChI is InChI=1S/C15H17N5OS/c1-9(2)7-13-18-19-15(22-13)17-14(21)11-8-20-10(3)5-4-6-12(20)16-11/h4-6,8-9H,7H2,1-3H3,(H,17,19,21). The number of rotatable bonds is 4. The molecule has 0 aromatic carbocycles. The molecule has 0 aliphatic carbocycles. The van der Waals surface area contributed by atoms with Crippen LogP contribution in [-0.4, -0.2) is 25.5 Å². The summed E-state index contributed by atoms with van der Waals surface area (Å²) in [6, 6.07) is 5.76. The smallest absolute Gasteiger partial charge is 0.277 e. The summed E-state index contributed by atoms with van der Waals surface area (Å²) in [4.78, 5) is 16.6. The number of nitrogens with zero attached hydrogens (tertiary/aromatic N) is 4. The second kappa shape index (κ2) is 5.84. The first-order chi connectivity index (χ1) is 10.5. The van der Waals surface area contributed by atoms with Crippen LogP contribution in [0.4, 0.5) is 5.13 Å². The van der Waals surface area contributed by atoms with Gasteiger partial charge in [-0.25, -0.2) is 4.98 Å². The average molecular weight is 315 g/mol. The molecule has 22 heavy (non-hydrogen) atoms. The predicted molar refractivity (Wildman–Crippen MR) is 86.3 cm³/mol. The molecule has 6 nitrogen and oxygen atoms in total. The molecule has 3 heterocycles. The fraction of sp³-hybridized carbons (Fsp3) is 0.333. The van der Waals surface area contributed by atoms with Crippen LogP contribution in [0.5, 0.6) is 0 Å². The lowest BCUT2D eigenvalue weighted by Gasteiger charge is -1.98. The van der Waals surface area contributed by atoms with E-state index in [1.165, 1.54) is 11.3 Å². The molecule has 0 aliphatic rings. The SMILES string of the molecule is Cc1cccc2nc(C(=O)Nc3nnc(CC(C)C)s3)cn12. The van der Waals surface area contributed by atoms with Crippen LogP contribution in [0.2, 0.25) is 0 Å². The van der Waals surface area contributed by atoms with Gasteiger partial charge in [-0.15, -0.1) is 10.2 Å². The largest absolute Gasteiger partial charge is 0.304 e. The molecule has 7 heteroatoms. The Balaban J connectivity index is 1.78. The summed E-state index contributed by atoms with van der Waals surface area (Å²) < 4.78 is 1.89. The first-order valence-corrected chi connectivity index (χ1v) is 7.93. The highest BCUT2D eigenvalue weighted by molar-refractivity contribution is 7.15. The maximum atomic E-state index is 12.3. The lowest BCUT2D eigenvalue weighted by Crippen LogP contribution is -2.12. The number of carbonyl (C=O) groups excluding carboxylic acids is 1. The zero-order chi connectivity index (χ0) is 15.7. The van der Waals surface area contributed by atoms with Crippen LogP contribution in [0.1, 0.15) is 35.0 Å². The number of pyridine rings is 1. The van der Waals surface area contributed by atoms with Gasteiger partial charge in [-0.1, -0.05) is 31.3 Å². The monoisotopic (exact) mass is 315 g/mol. The molecule has 1 N–H and O–H groups in total. The Kier molecular flexibility index (Phi) is 3.89. The van der Waals surface area contributed by atoms with Crippen LogP contribution in [-0.2, 0) is 6.42 Å². The normalized spacial score (nSPS) is 11.3. The third-order valence-electron chi connectivity index (χ3n) is 3.20. The molecule has 3 rings (SSSR count). The van der Waals surface area contributed by atoms with Gasteiger partial charge in [-0.05, 0) is 25.0 Å². The van der Waals surface area contributed by atoms with E-state index < -0.39 is 0 Å². The van der Waals surface area contributed by atoms with Gasteiger partial charge in [0, 0.05) is 18.3 Å². The van der Waals surface area contributed by atoms with E-state index in [0.29, 0.717) is 16.7 Å². The summed E-state index contributed by atoms with van der Waals surface area (Å²) in [6.07, 6.45) is 2.59. The van der Waals surface area contributed by atoms with Crippen molar-refractivity contribution >= 4 is 28.0 Å². The number of amides is 1. The van der Waals surface area contributed by atoms with Crippen molar-refractivity contribution < 1.29 is 4.79 Å². The summed E-state index contributed by atoms with van der Waals surface area (Å²) in [6.45, 7) is 6.22. The second-order valence-corrected chi connectivity index (χ2v) is 6.64. The van der Waals surface area contributed by atoms with Crippen LogP contribution in [0.3, 0.4) is 0 Å². The van der Waals surface area contributed by atoms with E-state index in [-0.39, 0.29) is 5.91 Å². The van der Waals surface area contributed by atoms with Gasteiger partial charge in [0.15, 0.2) is 0 Å². The van der Waals surface area contributed by atoms with E-state index in [4.69, 9.17) is 0 Å². The lowest BCUT2D eigenvalue weighted by molar-refractivity contribution is 0.102. The molecule has 0 aliphatic heterocycles. The molecule has 0 atom stereocenters. The van der Waals surface area contributed by atoms with E-state index in [1.807, 2.05) is 29.5 Å². The minimum Gasteiger partial charge on any atom is -0.304 e. The Morgan fingerprint density at radius 2 is 2.18 bits per heavy atom. The molecule has 114 valence electrons. The van der Waals surface area contributed by atoms with Crippen LogP contribution >= 0.6 is 11.3 Å². The molecule has 3 aromatic rings. The summed E-state index contributed by atoms with van der Waals surface area (Å²) in [7, 11) is 0. The molecular formula is C15H17N5OS. The fourth-order valence-electron chi connectivity index (χ4n) is 2.15. The van der Waals surface area contributed by atoms with E-state index in [1.54, 1.807) is 6.20 Å². The summed E-state index contributed by atoms with van der Waals surface area (Å²) in [5.41, 5.74) is 2.15. The second-order valence-electron chi connectivity index (χ2n) is 5.57. The van der Waals surface area contributed by atoms with Crippen LogP contribution in [0, 0.1) is 12.8 Å². The zero-order valence-corrected chi connectivity index (χ0v) is 13.5. The first-order valence-electron chi connectivity index (χ1n) is 7.11. The summed E-state index contributed by atoms with van der Waals surface area (Å²) in [5.74, 6) is 0.244. The zero-order valence-electron chi connectivity index (χ0n) is 12.7. The number of anilines is 1. The fourth-order valence-corrected chi connectivity index (χ4v) is 3.10. The topological polar surface area (TPSA) is 72.2 Å². The Morgan fingerprint density at radius 3 is 2.91 bits per heavy atom. The van der Waals surface area contributed by atoms with Crippen molar-refractivity contribution in [3.63, 3.8) is 0 Å². The number of aromatic nitrogens is 4. The Morgan fingerprint density at radius 1 is 1.36 bits per heavy atom. The first kappa shape index (κ1) is 14.6. The molecule has 3 aromatic heterocycles. The van der Waals surface area contributed by atoms with Crippen molar-refractivity contribution in [2.24, 2.45) is 5.92 Å². The van der Waals surface area contributed by atoms with Crippen LogP contribution < -0.4 is 5.32 Å². The maximum absolute atomic E-state index is 12.3. The molecule has 0 bridgehead atoms. The molecule has 1 amide bonds. The molecule has 0 radical (unpaired) electrons. The number of imidazole rings is 1. The minimum absolute atomic E-state index is 0.268. The molecule has 0 spiro atoms. The van der Waals surface area contributed by atoms with E-state index in [0.717, 1.165) is 22.8 Å². The number of hydrogen-bond acceptors (Lipinski definition) is 5. The van der Waals surface area contributed by atoms with Crippen LogP contribution in [0.25, 0.3) is 5.65 Å². The van der Waals surface area contributed by atoms with Gasteiger partial charge >= 0.3 is 0 Å². The lowest BCUT2D eigenvalue weighted by atomic mass is 10.1. The third kappa shape index (κ3) is 2.99. The quantitative estimate of drug-likeness (QED) is 0.803. The average Bonchev–Trinajstić information content (AvgIpc) is 3.05. The van der Waals surface area contributed by atoms with Crippen molar-refractivity contribution in [2.45, 2.75) is 27.2 Å². The van der Waals surface area contributed by atoms with Gasteiger partial charge in [-0.2, -0.15) is 0 Å². The number of aryl methyl sites for hydroxylation is 1. The van der Waals surface area contributed by atoms with E-state index in [9.17, 15) is 4.79 Å². The maximum Gasteiger partial charge on any atom is 0.277 e.